The maximum Gasteiger partial charge on any atom is 0.243 e. The molecular weight excluding hydrogens is 326 g/mol. The smallest absolute Gasteiger partial charge is 0.243 e. The second kappa shape index (κ2) is 7.21. The first-order chi connectivity index (χ1) is 11.1. The summed E-state index contributed by atoms with van der Waals surface area (Å²) in [5, 5.41) is 0. The van der Waals surface area contributed by atoms with Crippen LogP contribution in [0.15, 0.2) is 23.1 Å². The summed E-state index contributed by atoms with van der Waals surface area (Å²) in [5.41, 5.74) is 1.70. The van der Waals surface area contributed by atoms with Gasteiger partial charge in [-0.1, -0.05) is 12.1 Å². The van der Waals surface area contributed by atoms with Gasteiger partial charge in [0.25, 0.3) is 0 Å². The monoisotopic (exact) mass is 353 g/mol. The van der Waals surface area contributed by atoms with Gasteiger partial charge in [-0.2, -0.15) is 4.31 Å². The van der Waals surface area contributed by atoms with Crippen molar-refractivity contribution in [3.8, 4) is 0 Å². The lowest BCUT2D eigenvalue weighted by Crippen LogP contribution is -2.54. The SMILES string of the molecule is Cc1ccc(C)c(S(=O)(=O)N2CCN([C@H](C)C(=O)N(C)C)CC2)c1. The summed E-state index contributed by atoms with van der Waals surface area (Å²) < 4.78 is 27.3. The van der Waals surface area contributed by atoms with Crippen molar-refractivity contribution in [1.82, 2.24) is 14.1 Å². The standard InChI is InChI=1S/C17H27N3O3S/c1-13-6-7-14(2)16(12-13)24(22,23)20-10-8-19(9-11-20)15(3)17(21)18(4)5/h6-7,12,15H,8-11H2,1-5H3/t15-/m1/s1. The number of hydrogen-bond acceptors (Lipinski definition) is 4. The number of benzene rings is 1. The third-order valence-corrected chi connectivity index (χ3v) is 6.62. The van der Waals surface area contributed by atoms with E-state index in [0.717, 1.165) is 11.1 Å². The van der Waals surface area contributed by atoms with Crippen LogP contribution in [0.5, 0.6) is 0 Å². The molecule has 0 N–H and O–H groups in total. The van der Waals surface area contributed by atoms with Crippen molar-refractivity contribution in [2.45, 2.75) is 31.7 Å². The van der Waals surface area contributed by atoms with E-state index < -0.39 is 10.0 Å². The number of carbonyl (C=O) groups is 1. The lowest BCUT2D eigenvalue weighted by Gasteiger charge is -2.37. The van der Waals surface area contributed by atoms with Gasteiger partial charge in [-0.25, -0.2) is 8.42 Å². The van der Waals surface area contributed by atoms with Gasteiger partial charge in [0.05, 0.1) is 10.9 Å². The maximum atomic E-state index is 12.9. The summed E-state index contributed by atoms with van der Waals surface area (Å²) in [6, 6.07) is 5.26. The van der Waals surface area contributed by atoms with Crippen molar-refractivity contribution in [3.63, 3.8) is 0 Å². The zero-order valence-electron chi connectivity index (χ0n) is 15.1. The fraction of sp³-hybridized carbons (Fsp3) is 0.588. The molecule has 0 spiro atoms. The van der Waals surface area contributed by atoms with Gasteiger partial charge in [0, 0.05) is 40.3 Å². The van der Waals surface area contributed by atoms with Crippen molar-refractivity contribution in [1.29, 1.82) is 0 Å². The summed E-state index contributed by atoms with van der Waals surface area (Å²) in [6.45, 7) is 7.51. The highest BCUT2D eigenvalue weighted by Crippen LogP contribution is 2.23. The summed E-state index contributed by atoms with van der Waals surface area (Å²) >= 11 is 0. The van der Waals surface area contributed by atoms with Gasteiger partial charge < -0.3 is 4.90 Å². The highest BCUT2D eigenvalue weighted by atomic mass is 32.2. The molecule has 0 saturated carbocycles. The Morgan fingerprint density at radius 3 is 2.25 bits per heavy atom. The first kappa shape index (κ1) is 18.9. The molecule has 0 aliphatic carbocycles. The fourth-order valence-electron chi connectivity index (χ4n) is 2.99. The topological polar surface area (TPSA) is 60.9 Å². The van der Waals surface area contributed by atoms with Gasteiger partial charge in [0.1, 0.15) is 0 Å². The highest BCUT2D eigenvalue weighted by molar-refractivity contribution is 7.89. The third kappa shape index (κ3) is 3.79. The lowest BCUT2D eigenvalue weighted by atomic mass is 10.2. The molecular formula is C17H27N3O3S. The zero-order chi connectivity index (χ0) is 18.1. The van der Waals surface area contributed by atoms with Crippen molar-refractivity contribution < 1.29 is 13.2 Å². The number of nitrogens with zero attached hydrogens (tertiary/aromatic N) is 3. The molecule has 6 nitrogen and oxygen atoms in total. The molecule has 1 aromatic carbocycles. The Morgan fingerprint density at radius 2 is 1.71 bits per heavy atom. The Hall–Kier alpha value is -1.44. The molecule has 134 valence electrons. The van der Waals surface area contributed by atoms with Gasteiger partial charge >= 0.3 is 0 Å². The van der Waals surface area contributed by atoms with Crippen LogP contribution in [-0.4, -0.2) is 74.7 Å². The van der Waals surface area contributed by atoms with Crippen molar-refractivity contribution in [3.05, 3.63) is 29.3 Å². The van der Waals surface area contributed by atoms with Gasteiger partial charge in [0.2, 0.25) is 15.9 Å². The molecule has 1 aliphatic heterocycles. The number of carbonyl (C=O) groups excluding carboxylic acids is 1. The number of likely N-dealkylation sites (N-methyl/N-ethyl adjacent to an activating group) is 1. The highest BCUT2D eigenvalue weighted by Gasteiger charge is 2.32. The normalized spacial score (nSPS) is 18.4. The van der Waals surface area contributed by atoms with E-state index in [9.17, 15) is 13.2 Å². The molecule has 1 fully saturated rings. The molecule has 0 bridgehead atoms. The zero-order valence-corrected chi connectivity index (χ0v) is 15.9. The van der Waals surface area contributed by atoms with Crippen LogP contribution in [0.2, 0.25) is 0 Å². The van der Waals surface area contributed by atoms with Crippen LogP contribution < -0.4 is 0 Å². The first-order valence-corrected chi connectivity index (χ1v) is 9.61. The molecule has 0 unspecified atom stereocenters. The Balaban J connectivity index is 2.11. The van der Waals surface area contributed by atoms with Crippen LogP contribution in [0.4, 0.5) is 0 Å². The Kier molecular flexibility index (Phi) is 5.67. The van der Waals surface area contributed by atoms with E-state index in [2.05, 4.69) is 0 Å². The van der Waals surface area contributed by atoms with E-state index >= 15 is 0 Å². The fourth-order valence-corrected chi connectivity index (χ4v) is 4.72. The second-order valence-corrected chi connectivity index (χ2v) is 8.52. The van der Waals surface area contributed by atoms with Crippen LogP contribution in [0.25, 0.3) is 0 Å². The van der Waals surface area contributed by atoms with E-state index in [1.165, 1.54) is 4.31 Å². The van der Waals surface area contributed by atoms with E-state index in [0.29, 0.717) is 31.1 Å². The molecule has 24 heavy (non-hydrogen) atoms. The summed E-state index contributed by atoms with van der Waals surface area (Å²) in [4.78, 5) is 16.1. The minimum absolute atomic E-state index is 0.0424. The van der Waals surface area contributed by atoms with Crippen molar-refractivity contribution in [2.75, 3.05) is 40.3 Å². The number of sulfonamides is 1. The Morgan fingerprint density at radius 1 is 1.12 bits per heavy atom. The molecule has 1 aliphatic rings. The predicted molar refractivity (Wildman–Crippen MR) is 94.4 cm³/mol. The van der Waals surface area contributed by atoms with Gasteiger partial charge in [-0.15, -0.1) is 0 Å². The number of rotatable bonds is 4. The van der Waals surface area contributed by atoms with Crippen LogP contribution in [0.3, 0.4) is 0 Å². The van der Waals surface area contributed by atoms with Crippen molar-refractivity contribution in [2.24, 2.45) is 0 Å². The lowest BCUT2D eigenvalue weighted by molar-refractivity contribution is -0.134. The molecule has 1 saturated heterocycles. The number of piperazine rings is 1. The van der Waals surface area contributed by atoms with E-state index in [-0.39, 0.29) is 11.9 Å². The predicted octanol–water partition coefficient (Wildman–Crippen LogP) is 1.09. The third-order valence-electron chi connectivity index (χ3n) is 4.58. The summed E-state index contributed by atoms with van der Waals surface area (Å²) in [5.74, 6) is 0.0424. The molecule has 7 heteroatoms. The van der Waals surface area contributed by atoms with E-state index in [4.69, 9.17) is 0 Å². The molecule has 0 aromatic heterocycles. The molecule has 1 amide bonds. The molecule has 2 rings (SSSR count). The first-order valence-electron chi connectivity index (χ1n) is 8.17. The molecule has 1 aromatic rings. The van der Waals surface area contributed by atoms with E-state index in [1.807, 2.05) is 37.8 Å². The number of aryl methyl sites for hydroxylation is 2. The van der Waals surface area contributed by atoms with Crippen LogP contribution >= 0.6 is 0 Å². The van der Waals surface area contributed by atoms with Crippen LogP contribution in [0.1, 0.15) is 18.1 Å². The average Bonchev–Trinajstić information content (AvgIpc) is 2.55. The Bertz CT molecular complexity index is 708. The minimum Gasteiger partial charge on any atom is -0.347 e. The minimum atomic E-state index is -3.49. The van der Waals surface area contributed by atoms with Crippen LogP contribution in [-0.2, 0) is 14.8 Å². The van der Waals surface area contributed by atoms with Gasteiger partial charge in [-0.05, 0) is 38.0 Å². The van der Waals surface area contributed by atoms with Crippen LogP contribution in [0, 0.1) is 13.8 Å². The van der Waals surface area contributed by atoms with Gasteiger partial charge in [-0.3, -0.25) is 9.69 Å². The molecule has 1 heterocycles. The quantitative estimate of drug-likeness (QED) is 0.813. The van der Waals surface area contributed by atoms with E-state index in [1.54, 1.807) is 25.1 Å². The molecule has 1 atom stereocenters. The summed E-state index contributed by atoms with van der Waals surface area (Å²) in [7, 11) is -0.0173. The van der Waals surface area contributed by atoms with Crippen molar-refractivity contribution >= 4 is 15.9 Å². The molecule has 0 radical (unpaired) electrons. The summed E-state index contributed by atoms with van der Waals surface area (Å²) in [6.07, 6.45) is 0. The maximum absolute atomic E-state index is 12.9. The Labute approximate surface area is 145 Å². The number of hydrogen-bond donors (Lipinski definition) is 0. The second-order valence-electron chi connectivity index (χ2n) is 6.62. The number of amides is 1. The van der Waals surface area contributed by atoms with Gasteiger partial charge in [0.15, 0.2) is 0 Å². The largest absolute Gasteiger partial charge is 0.347 e. The average molecular weight is 353 g/mol.